The number of hydrogen-bond donors (Lipinski definition) is 0. The number of rotatable bonds is 4. The minimum absolute atomic E-state index is 0. The quantitative estimate of drug-likeness (QED) is 0.431. The molecule has 4 atom stereocenters. The van der Waals surface area contributed by atoms with Crippen LogP contribution in [0.4, 0.5) is 0 Å². The van der Waals surface area contributed by atoms with E-state index in [1.54, 1.807) is 0 Å². The van der Waals surface area contributed by atoms with Crippen LogP contribution in [0.3, 0.4) is 0 Å². The molecule has 2 unspecified atom stereocenters. The van der Waals surface area contributed by atoms with Crippen LogP contribution in [0.2, 0.25) is 0 Å². The van der Waals surface area contributed by atoms with Crippen LogP contribution in [0.15, 0.2) is 6.20 Å². The summed E-state index contributed by atoms with van der Waals surface area (Å²) in [6, 6.07) is 0. The number of Topliss-reactive ketones (excluding diaryl/α,β-unsaturated/α-hetero) is 1. The molecule has 3 rings (SSSR count). The van der Waals surface area contributed by atoms with Gasteiger partial charge in [-0.2, -0.15) is 0 Å². The summed E-state index contributed by atoms with van der Waals surface area (Å²) in [7, 11) is -4.02. The van der Waals surface area contributed by atoms with E-state index in [9.17, 15) is 33.0 Å². The zero-order valence-electron chi connectivity index (χ0n) is 13.8. The van der Waals surface area contributed by atoms with E-state index in [0.29, 0.717) is 0 Å². The van der Waals surface area contributed by atoms with Gasteiger partial charge in [-0.05, 0) is 6.92 Å². The van der Waals surface area contributed by atoms with Gasteiger partial charge >= 0.3 is 103 Å². The molecular weight excluding hydrogens is 408 g/mol. The van der Waals surface area contributed by atoms with Gasteiger partial charge < -0.3 is 19.8 Å². The third-order valence-corrected chi connectivity index (χ3v) is 7.72. The van der Waals surface area contributed by atoms with E-state index >= 15 is 0 Å². The smallest absolute Gasteiger partial charge is 0.550 e. The number of aromatic nitrogens is 3. The van der Waals surface area contributed by atoms with E-state index in [1.165, 1.54) is 0 Å². The van der Waals surface area contributed by atoms with Gasteiger partial charge in [-0.1, -0.05) is 5.21 Å². The van der Waals surface area contributed by atoms with Crippen molar-refractivity contribution in [3.05, 3.63) is 11.9 Å². The van der Waals surface area contributed by atoms with Crippen molar-refractivity contribution in [3.8, 4) is 0 Å². The largest absolute Gasteiger partial charge is 1.00 e. The number of carbonyl (C=O) groups excluding carboxylic acids is 3. The number of ketones is 1. The topological polar surface area (TPSA) is 162 Å². The third-order valence-electron chi connectivity index (χ3n) is 4.78. The predicted octanol–water partition coefficient (Wildman–Crippen LogP) is -9.84. The molecule has 10 nitrogen and oxygen atoms in total. The molecule has 1 aliphatic carbocycles. The summed E-state index contributed by atoms with van der Waals surface area (Å²) in [5, 5.41) is 28.2. The fourth-order valence-electron chi connectivity index (χ4n) is 3.53. The molecule has 1 aromatic heterocycles. The molecule has 25 heavy (non-hydrogen) atoms. The predicted molar refractivity (Wildman–Crippen MR) is 67.1 cm³/mol. The second kappa shape index (κ2) is 8.15. The summed E-state index contributed by atoms with van der Waals surface area (Å²) in [5.74, 6) is -6.47. The first-order valence-corrected chi connectivity index (χ1v) is 8.22. The second-order valence-electron chi connectivity index (χ2n) is 5.95. The van der Waals surface area contributed by atoms with Crippen LogP contribution in [0.1, 0.15) is 23.8 Å². The Morgan fingerprint density at radius 2 is 1.96 bits per heavy atom. The maximum Gasteiger partial charge on any atom is 1.00 e. The number of nitrogens with zero attached hydrogens (tertiary/aromatic N) is 3. The van der Waals surface area contributed by atoms with Gasteiger partial charge in [0.15, 0.2) is 9.84 Å². The summed E-state index contributed by atoms with van der Waals surface area (Å²) in [4.78, 5) is 34.2. The Balaban J connectivity index is 0.00000156. The van der Waals surface area contributed by atoms with Crippen LogP contribution in [0.25, 0.3) is 0 Å². The van der Waals surface area contributed by atoms with Gasteiger partial charge in [0.1, 0.15) is 11.5 Å². The van der Waals surface area contributed by atoms with Gasteiger partial charge in [0.05, 0.1) is 28.7 Å². The summed E-state index contributed by atoms with van der Waals surface area (Å²) in [5.41, 5.74) is -0.482. The number of hydrogen-bond acceptors (Lipinski definition) is 9. The first-order valence-electron chi connectivity index (χ1n) is 6.68. The van der Waals surface area contributed by atoms with Crippen molar-refractivity contribution in [2.24, 2.45) is 11.8 Å². The Kier molecular flexibility index (Phi) is 7.82. The van der Waals surface area contributed by atoms with Gasteiger partial charge in [-0.15, -0.1) is 5.10 Å². The van der Waals surface area contributed by atoms with Crippen LogP contribution < -0.4 is 113 Å². The molecule has 0 radical (unpaired) electrons. The second-order valence-corrected chi connectivity index (χ2v) is 8.58. The zero-order valence-corrected chi connectivity index (χ0v) is 20.9. The monoisotopic (exact) mass is 419 g/mol. The van der Waals surface area contributed by atoms with Gasteiger partial charge in [-0.25, -0.2) is 13.1 Å². The van der Waals surface area contributed by atoms with Crippen LogP contribution in [0.5, 0.6) is 0 Å². The van der Waals surface area contributed by atoms with Crippen LogP contribution >= 0.6 is 0 Å². The van der Waals surface area contributed by atoms with Crippen molar-refractivity contribution >= 4 is 27.6 Å². The molecule has 0 amide bonds. The minimum atomic E-state index is -4.02. The number of fused-ring (bicyclic) bond motifs is 1. The molecule has 124 valence electrons. The zero-order chi connectivity index (χ0) is 17.2. The molecule has 2 fully saturated rings. The fourth-order valence-corrected chi connectivity index (χ4v) is 6.20. The first kappa shape index (κ1) is 24.0. The van der Waals surface area contributed by atoms with Crippen LogP contribution in [-0.4, -0.2) is 51.1 Å². The van der Waals surface area contributed by atoms with E-state index < -0.39 is 61.6 Å². The molecule has 0 aromatic carbocycles. The molecule has 2 heterocycles. The van der Waals surface area contributed by atoms with Gasteiger partial charge in [0, 0.05) is 24.2 Å². The van der Waals surface area contributed by atoms with Gasteiger partial charge in [-0.3, -0.25) is 4.79 Å². The molecular formula is C12H11K2N3O7S. The molecule has 1 aromatic rings. The number of aromatic carboxylic acids is 1. The number of carboxylic acid groups (broad SMARTS) is 2. The van der Waals surface area contributed by atoms with E-state index in [2.05, 4.69) is 10.3 Å². The fraction of sp³-hybridized carbons (Fsp3) is 0.583. The number of carboxylic acids is 2. The van der Waals surface area contributed by atoms with E-state index in [0.717, 1.165) is 17.8 Å². The summed E-state index contributed by atoms with van der Waals surface area (Å²) >= 11 is 0. The normalized spacial score (nSPS) is 31.9. The molecule has 0 N–H and O–H groups in total. The Morgan fingerprint density at radius 3 is 2.44 bits per heavy atom. The van der Waals surface area contributed by atoms with Crippen molar-refractivity contribution in [1.82, 2.24) is 15.0 Å². The minimum Gasteiger partial charge on any atom is -0.550 e. The standard InChI is InChI=1S/C12H13N3O7S.2K/c1-12(4-15-5(10(17)18)3-13-14-15)9(11(19)20)8-6(16)2-7(8)23(12,21)22;;/h3,7-9H,2,4H2,1H3,(H,17,18)(H,19,20);;/q;2*+1/p-2/t7?,8?,9-,12-;;/m0../s1. The van der Waals surface area contributed by atoms with Crippen molar-refractivity contribution in [2.75, 3.05) is 0 Å². The van der Waals surface area contributed by atoms with Gasteiger partial charge in [0.25, 0.3) is 0 Å². The van der Waals surface area contributed by atoms with Crippen molar-refractivity contribution in [1.29, 1.82) is 0 Å². The molecule has 0 spiro atoms. The molecule has 1 aliphatic heterocycles. The van der Waals surface area contributed by atoms with Crippen LogP contribution in [0, 0.1) is 11.8 Å². The van der Waals surface area contributed by atoms with Crippen molar-refractivity contribution < 1.29 is 136 Å². The third kappa shape index (κ3) is 3.55. The molecule has 0 bridgehead atoms. The Bertz CT molecular complexity index is 840. The Hall–Kier alpha value is 0.973. The van der Waals surface area contributed by atoms with E-state index in [1.807, 2.05) is 0 Å². The molecule has 2 aliphatic rings. The average molecular weight is 419 g/mol. The SMILES string of the molecule is C[C@]1(Cn2nncc2C(=O)[O-])[C@H](C(=O)[O-])C2C(=O)CC2S1(=O)=O.[K+].[K+]. The first-order chi connectivity index (χ1) is 10.6. The number of sulfone groups is 1. The Labute approximate surface area is 227 Å². The number of aliphatic carboxylic acids is 1. The summed E-state index contributed by atoms with van der Waals surface area (Å²) in [6.45, 7) is 0.590. The van der Waals surface area contributed by atoms with E-state index in [-0.39, 0.29) is 109 Å². The molecule has 1 saturated heterocycles. The number of carbonyl (C=O) groups is 3. The Morgan fingerprint density at radius 1 is 1.36 bits per heavy atom. The van der Waals surface area contributed by atoms with E-state index in [4.69, 9.17) is 0 Å². The average Bonchev–Trinajstić information content (AvgIpc) is 2.92. The van der Waals surface area contributed by atoms with Crippen molar-refractivity contribution in [2.45, 2.75) is 29.9 Å². The maximum absolute atomic E-state index is 12.7. The molecule has 1 saturated carbocycles. The maximum atomic E-state index is 12.7. The van der Waals surface area contributed by atoms with Gasteiger partial charge in [0.2, 0.25) is 0 Å². The summed E-state index contributed by atoms with van der Waals surface area (Å²) in [6.07, 6.45) is 0.630. The molecule has 13 heteroatoms. The summed E-state index contributed by atoms with van der Waals surface area (Å²) < 4.78 is 24.2. The van der Waals surface area contributed by atoms with Crippen molar-refractivity contribution in [3.63, 3.8) is 0 Å². The van der Waals surface area contributed by atoms with Crippen LogP contribution in [-0.2, 0) is 26.0 Å².